The molecule has 1 unspecified atom stereocenters. The lowest BCUT2D eigenvalue weighted by Gasteiger charge is -2.28. The van der Waals surface area contributed by atoms with Crippen molar-refractivity contribution in [3.8, 4) is 5.75 Å². The maximum Gasteiger partial charge on any atom is 0.338 e. The van der Waals surface area contributed by atoms with Gasteiger partial charge in [-0.2, -0.15) is 4.98 Å². The number of anilines is 1. The third-order valence-corrected chi connectivity index (χ3v) is 8.01. The van der Waals surface area contributed by atoms with Crippen molar-refractivity contribution in [2.24, 2.45) is 0 Å². The molecule has 1 atom stereocenters. The number of fused-ring (bicyclic) bond motifs is 1. The van der Waals surface area contributed by atoms with Crippen LogP contribution in [-0.2, 0) is 21.9 Å². The molecule has 1 aliphatic rings. The summed E-state index contributed by atoms with van der Waals surface area (Å²) in [6.07, 6.45) is -0.262. The van der Waals surface area contributed by atoms with E-state index in [1.807, 2.05) is 93.6 Å². The highest BCUT2D eigenvalue weighted by Crippen LogP contribution is 2.38. The number of benzene rings is 3. The van der Waals surface area contributed by atoms with E-state index < -0.39 is 12.0 Å². The molecule has 2 heterocycles. The van der Waals surface area contributed by atoms with Gasteiger partial charge in [-0.25, -0.2) is 9.48 Å². The summed E-state index contributed by atoms with van der Waals surface area (Å²) in [5, 5.41) is 9.32. The quantitative estimate of drug-likeness (QED) is 0.148. The molecule has 0 saturated heterocycles. The molecule has 0 bridgehead atoms. The van der Waals surface area contributed by atoms with Gasteiger partial charge in [-0.15, -0.1) is 5.10 Å². The van der Waals surface area contributed by atoms with E-state index in [1.165, 1.54) is 11.8 Å². The number of hydrogen-bond acceptors (Lipinski definition) is 7. The van der Waals surface area contributed by atoms with E-state index in [2.05, 4.69) is 21.2 Å². The molecule has 10 heteroatoms. The van der Waals surface area contributed by atoms with Gasteiger partial charge in [0.25, 0.3) is 0 Å². The first-order valence-corrected chi connectivity index (χ1v) is 14.9. The summed E-state index contributed by atoms with van der Waals surface area (Å²) in [6.45, 7) is 5.97. The van der Waals surface area contributed by atoms with E-state index in [1.54, 1.807) is 4.68 Å². The molecule has 0 amide bonds. The lowest BCUT2D eigenvalue weighted by atomic mass is 9.95. The van der Waals surface area contributed by atoms with Crippen molar-refractivity contribution in [3.05, 3.63) is 110 Å². The van der Waals surface area contributed by atoms with Crippen LogP contribution in [0.1, 0.15) is 43.5 Å². The fourth-order valence-corrected chi connectivity index (χ4v) is 5.67. The van der Waals surface area contributed by atoms with Crippen LogP contribution in [0.4, 0.5) is 5.95 Å². The van der Waals surface area contributed by atoms with Crippen molar-refractivity contribution < 1.29 is 14.3 Å². The zero-order valence-electron chi connectivity index (χ0n) is 22.2. The number of nitrogens with zero attached hydrogens (tertiary/aromatic N) is 3. The number of carbonyl (C=O) groups is 1. The van der Waals surface area contributed by atoms with Crippen LogP contribution in [0.15, 0.2) is 93.7 Å². The SMILES string of the molecule is CC1=C(C(=O)OC(C)C)C(c2ccc(OCc3ccc(Br)cc3)cc2)n2nc(SCc3ccccc3Cl)nc2N1. The number of thioether (sulfide) groups is 1. The number of hydrogen-bond donors (Lipinski definition) is 1. The van der Waals surface area contributed by atoms with Crippen molar-refractivity contribution in [1.82, 2.24) is 14.8 Å². The molecule has 1 aromatic heterocycles. The summed E-state index contributed by atoms with van der Waals surface area (Å²) in [4.78, 5) is 18.0. The largest absolute Gasteiger partial charge is 0.489 e. The van der Waals surface area contributed by atoms with Gasteiger partial charge in [-0.1, -0.05) is 81.8 Å². The van der Waals surface area contributed by atoms with Gasteiger partial charge in [0.1, 0.15) is 18.4 Å². The number of allylic oxidation sites excluding steroid dienone is 1. The molecule has 3 aromatic carbocycles. The van der Waals surface area contributed by atoms with E-state index >= 15 is 0 Å². The van der Waals surface area contributed by atoms with Gasteiger partial charge >= 0.3 is 5.97 Å². The van der Waals surface area contributed by atoms with Crippen LogP contribution in [0.3, 0.4) is 0 Å². The smallest absolute Gasteiger partial charge is 0.338 e. The Hall–Kier alpha value is -3.27. The van der Waals surface area contributed by atoms with Gasteiger partial charge in [0.2, 0.25) is 11.1 Å². The van der Waals surface area contributed by atoms with E-state index in [-0.39, 0.29) is 6.10 Å². The van der Waals surface area contributed by atoms with Gasteiger partial charge < -0.3 is 14.8 Å². The highest BCUT2D eigenvalue weighted by atomic mass is 79.9. The molecule has 1 N–H and O–H groups in total. The zero-order valence-corrected chi connectivity index (χ0v) is 25.4. The molecular weight excluding hydrogens is 612 g/mol. The van der Waals surface area contributed by atoms with Crippen molar-refractivity contribution in [2.75, 3.05) is 5.32 Å². The predicted molar refractivity (Wildman–Crippen MR) is 162 cm³/mol. The van der Waals surface area contributed by atoms with Crippen LogP contribution in [0.2, 0.25) is 5.02 Å². The Balaban J connectivity index is 1.42. The van der Waals surface area contributed by atoms with Gasteiger partial charge in [-0.05, 0) is 67.8 Å². The molecule has 40 heavy (non-hydrogen) atoms. The van der Waals surface area contributed by atoms with E-state index in [0.29, 0.717) is 39.8 Å². The third-order valence-electron chi connectivity index (χ3n) is 6.23. The second-order valence-corrected chi connectivity index (χ2v) is 11.8. The van der Waals surface area contributed by atoms with Crippen molar-refractivity contribution in [2.45, 2.75) is 50.4 Å². The second-order valence-electron chi connectivity index (χ2n) is 9.55. The summed E-state index contributed by atoms with van der Waals surface area (Å²) in [7, 11) is 0. The number of aromatic nitrogens is 3. The first kappa shape index (κ1) is 28.3. The molecule has 0 saturated carbocycles. The van der Waals surface area contributed by atoms with Gasteiger partial charge in [0.15, 0.2) is 0 Å². The number of nitrogens with one attached hydrogen (secondary N) is 1. The number of esters is 1. The number of ether oxygens (including phenoxy) is 2. The maximum absolute atomic E-state index is 13.3. The Labute approximate surface area is 251 Å². The highest BCUT2D eigenvalue weighted by molar-refractivity contribution is 9.10. The van der Waals surface area contributed by atoms with Crippen molar-refractivity contribution >= 4 is 51.2 Å². The molecular formula is C30H28BrClN4O3S. The Bertz CT molecular complexity index is 1540. The summed E-state index contributed by atoms with van der Waals surface area (Å²) in [5.74, 6) is 1.50. The molecule has 5 rings (SSSR count). The lowest BCUT2D eigenvalue weighted by molar-refractivity contribution is -0.143. The average Bonchev–Trinajstić information content (AvgIpc) is 3.34. The maximum atomic E-state index is 13.3. The van der Waals surface area contributed by atoms with Crippen molar-refractivity contribution in [3.63, 3.8) is 0 Å². The van der Waals surface area contributed by atoms with E-state index in [0.717, 1.165) is 26.9 Å². The van der Waals surface area contributed by atoms with Crippen LogP contribution in [-0.4, -0.2) is 26.8 Å². The average molecular weight is 640 g/mol. The highest BCUT2D eigenvalue weighted by Gasteiger charge is 2.35. The van der Waals surface area contributed by atoms with Gasteiger partial charge in [-0.3, -0.25) is 0 Å². The van der Waals surface area contributed by atoms with Crippen LogP contribution in [0.5, 0.6) is 5.75 Å². The Morgan fingerprint density at radius 3 is 2.52 bits per heavy atom. The number of halogens is 2. The first-order chi connectivity index (χ1) is 19.3. The summed E-state index contributed by atoms with van der Waals surface area (Å²) < 4.78 is 14.4. The molecule has 206 valence electrons. The Morgan fingerprint density at radius 2 is 1.82 bits per heavy atom. The molecule has 7 nitrogen and oxygen atoms in total. The monoisotopic (exact) mass is 638 g/mol. The lowest BCUT2D eigenvalue weighted by Crippen LogP contribution is -2.30. The van der Waals surface area contributed by atoms with Crippen LogP contribution >= 0.6 is 39.3 Å². The Morgan fingerprint density at radius 1 is 1.10 bits per heavy atom. The minimum Gasteiger partial charge on any atom is -0.489 e. The van der Waals surface area contributed by atoms with Gasteiger partial charge in [0.05, 0.1) is 11.7 Å². The van der Waals surface area contributed by atoms with Crippen LogP contribution in [0, 0.1) is 0 Å². The third kappa shape index (κ3) is 6.54. The van der Waals surface area contributed by atoms with E-state index in [4.69, 9.17) is 31.2 Å². The first-order valence-electron chi connectivity index (χ1n) is 12.8. The molecule has 1 aliphatic heterocycles. The molecule has 0 spiro atoms. The minimum atomic E-state index is -0.523. The fraction of sp³-hybridized carbons (Fsp3) is 0.233. The van der Waals surface area contributed by atoms with Gasteiger partial charge in [0, 0.05) is 20.9 Å². The molecule has 0 aliphatic carbocycles. The zero-order chi connectivity index (χ0) is 28.2. The van der Waals surface area contributed by atoms with E-state index in [9.17, 15) is 4.79 Å². The topological polar surface area (TPSA) is 78.3 Å². The predicted octanol–water partition coefficient (Wildman–Crippen LogP) is 7.81. The van der Waals surface area contributed by atoms with Crippen LogP contribution in [0.25, 0.3) is 0 Å². The standard InChI is InChI=1S/C30H28BrClN4O3S/c1-18(2)39-28(37)26-19(3)33-29-34-30(40-17-22-6-4-5-7-25(22)32)35-36(29)27(26)21-10-14-24(15-11-21)38-16-20-8-12-23(31)13-9-20/h4-15,18,27H,16-17H2,1-3H3,(H,33,34,35). The van der Waals surface area contributed by atoms with Crippen LogP contribution < -0.4 is 10.1 Å². The number of rotatable bonds is 9. The molecule has 0 radical (unpaired) electrons. The molecule has 4 aromatic rings. The van der Waals surface area contributed by atoms with Crippen molar-refractivity contribution in [1.29, 1.82) is 0 Å². The summed E-state index contributed by atoms with van der Waals surface area (Å²) in [5.41, 5.74) is 4.09. The number of carbonyl (C=O) groups excluding carboxylic acids is 1. The fourth-order valence-electron chi connectivity index (χ4n) is 4.29. The summed E-state index contributed by atoms with van der Waals surface area (Å²) >= 11 is 11.3. The minimum absolute atomic E-state index is 0.262. The Kier molecular flexibility index (Phi) is 8.83. The second kappa shape index (κ2) is 12.5. The normalized spacial score (nSPS) is 14.6. The molecule has 0 fully saturated rings. The summed E-state index contributed by atoms with van der Waals surface area (Å²) in [6, 6.07) is 22.9.